The molecule has 0 aromatic heterocycles. The fourth-order valence-electron chi connectivity index (χ4n) is 3.44. The third-order valence-corrected chi connectivity index (χ3v) is 4.83. The number of imide groups is 1. The molecule has 0 saturated carbocycles. The summed E-state index contributed by atoms with van der Waals surface area (Å²) in [5.41, 5.74) is -0.977. The van der Waals surface area contributed by atoms with Gasteiger partial charge in [0.2, 0.25) is 0 Å². The summed E-state index contributed by atoms with van der Waals surface area (Å²) >= 11 is 0. The van der Waals surface area contributed by atoms with Gasteiger partial charge in [-0.2, -0.15) is 0 Å². The van der Waals surface area contributed by atoms with Gasteiger partial charge in [-0.1, -0.05) is 13.0 Å². The summed E-state index contributed by atoms with van der Waals surface area (Å²) in [6.45, 7) is 2.04. The second kappa shape index (κ2) is 7.75. The molecule has 0 radical (unpaired) electrons. The molecule has 0 spiro atoms. The van der Waals surface area contributed by atoms with Gasteiger partial charge < -0.3 is 9.64 Å². The van der Waals surface area contributed by atoms with Gasteiger partial charge in [0.1, 0.15) is 12.1 Å². The van der Waals surface area contributed by atoms with Crippen LogP contribution in [-0.2, 0) is 14.3 Å². The van der Waals surface area contributed by atoms with Gasteiger partial charge in [0, 0.05) is 19.2 Å². The third kappa shape index (κ3) is 3.71. The van der Waals surface area contributed by atoms with Crippen LogP contribution in [0.1, 0.15) is 40.5 Å². The molecule has 1 fully saturated rings. The lowest BCUT2D eigenvalue weighted by atomic mass is 10.0. The normalized spacial score (nSPS) is 18.8. The van der Waals surface area contributed by atoms with Crippen LogP contribution in [0.2, 0.25) is 0 Å². The summed E-state index contributed by atoms with van der Waals surface area (Å²) in [6.07, 6.45) is 1.92. The monoisotopic (exact) mass is 389 g/mol. The molecule has 1 aromatic carbocycles. The second-order valence-corrected chi connectivity index (χ2v) is 6.90. The van der Waals surface area contributed by atoms with E-state index in [0.717, 1.165) is 18.9 Å². The zero-order valence-corrected chi connectivity index (χ0v) is 15.3. The molecule has 3 amide bonds. The Bertz CT molecular complexity index is 867. The minimum atomic E-state index is -0.935. The Kier molecular flexibility index (Phi) is 5.39. The minimum Gasteiger partial charge on any atom is -0.454 e. The lowest BCUT2D eigenvalue weighted by Crippen LogP contribution is -2.42. The summed E-state index contributed by atoms with van der Waals surface area (Å²) in [5, 5.41) is 11.1. The molecule has 2 aliphatic heterocycles. The lowest BCUT2D eigenvalue weighted by Gasteiger charge is -2.30. The molecule has 10 nitrogen and oxygen atoms in total. The van der Waals surface area contributed by atoms with Crippen LogP contribution < -0.4 is 0 Å². The van der Waals surface area contributed by atoms with E-state index in [1.807, 2.05) is 6.92 Å². The van der Waals surface area contributed by atoms with Crippen LogP contribution >= 0.6 is 0 Å². The standard InChI is InChI=1S/C18H19N3O7/c1-11-4-3-7-19(8-11)14(22)10-28-15(23)9-20-17(24)12-5-2-6-13(21(26)27)16(12)18(20)25/h2,5-6,11H,3-4,7-10H2,1H3/t11-/m0/s1. The van der Waals surface area contributed by atoms with E-state index in [1.165, 1.54) is 12.1 Å². The second-order valence-electron chi connectivity index (χ2n) is 6.90. The molecule has 0 aliphatic carbocycles. The Morgan fingerprint density at radius 2 is 2.04 bits per heavy atom. The van der Waals surface area contributed by atoms with Crippen molar-refractivity contribution < 1.29 is 28.8 Å². The summed E-state index contributed by atoms with van der Waals surface area (Å²) < 4.78 is 4.92. The highest BCUT2D eigenvalue weighted by molar-refractivity contribution is 6.24. The maximum Gasteiger partial charge on any atom is 0.326 e. The average Bonchev–Trinajstić information content (AvgIpc) is 2.91. The van der Waals surface area contributed by atoms with Crippen molar-refractivity contribution in [1.82, 2.24) is 9.80 Å². The van der Waals surface area contributed by atoms with Gasteiger partial charge in [-0.25, -0.2) is 0 Å². The van der Waals surface area contributed by atoms with Crippen molar-refractivity contribution in [3.63, 3.8) is 0 Å². The van der Waals surface area contributed by atoms with Crippen molar-refractivity contribution in [2.24, 2.45) is 5.92 Å². The molecule has 28 heavy (non-hydrogen) atoms. The Hall–Kier alpha value is -3.30. The van der Waals surface area contributed by atoms with E-state index in [0.29, 0.717) is 23.9 Å². The number of amides is 3. The van der Waals surface area contributed by atoms with Crippen LogP contribution in [0.15, 0.2) is 18.2 Å². The molecule has 0 unspecified atom stereocenters. The highest BCUT2D eigenvalue weighted by Crippen LogP contribution is 2.30. The number of carbonyl (C=O) groups excluding carboxylic acids is 4. The number of piperidine rings is 1. The van der Waals surface area contributed by atoms with E-state index in [9.17, 15) is 29.3 Å². The molecular formula is C18H19N3O7. The highest BCUT2D eigenvalue weighted by Gasteiger charge is 2.42. The predicted molar refractivity (Wildman–Crippen MR) is 94.4 cm³/mol. The number of nitro groups is 1. The fourth-order valence-corrected chi connectivity index (χ4v) is 3.44. The summed E-state index contributed by atoms with van der Waals surface area (Å²) in [7, 11) is 0. The number of carbonyl (C=O) groups is 4. The number of likely N-dealkylation sites (tertiary alicyclic amines) is 1. The smallest absolute Gasteiger partial charge is 0.326 e. The molecule has 0 N–H and O–H groups in total. The van der Waals surface area contributed by atoms with Crippen LogP contribution in [0.3, 0.4) is 0 Å². The van der Waals surface area contributed by atoms with E-state index in [2.05, 4.69) is 0 Å². The van der Waals surface area contributed by atoms with E-state index in [-0.39, 0.29) is 17.0 Å². The maximum absolute atomic E-state index is 12.4. The van der Waals surface area contributed by atoms with Crippen molar-refractivity contribution >= 4 is 29.4 Å². The quantitative estimate of drug-likeness (QED) is 0.318. The van der Waals surface area contributed by atoms with Gasteiger partial charge in [-0.15, -0.1) is 0 Å². The molecule has 1 saturated heterocycles. The van der Waals surface area contributed by atoms with Gasteiger partial charge in [0.25, 0.3) is 23.4 Å². The first-order chi connectivity index (χ1) is 13.3. The number of rotatable bonds is 5. The largest absolute Gasteiger partial charge is 0.454 e. The van der Waals surface area contributed by atoms with E-state index >= 15 is 0 Å². The van der Waals surface area contributed by atoms with E-state index < -0.39 is 41.5 Å². The SMILES string of the molecule is C[C@H]1CCCN(C(=O)COC(=O)CN2C(=O)c3cccc([N+](=O)[O-])c3C2=O)C1. The first kappa shape index (κ1) is 19.5. The number of ether oxygens (including phenoxy) is 1. The van der Waals surface area contributed by atoms with Crippen molar-refractivity contribution in [2.45, 2.75) is 19.8 Å². The van der Waals surface area contributed by atoms with Crippen LogP contribution in [0.4, 0.5) is 5.69 Å². The number of benzene rings is 1. The molecule has 10 heteroatoms. The van der Waals surface area contributed by atoms with Gasteiger partial charge >= 0.3 is 5.97 Å². The average molecular weight is 389 g/mol. The van der Waals surface area contributed by atoms with Crippen LogP contribution in [0.25, 0.3) is 0 Å². The van der Waals surface area contributed by atoms with Gasteiger partial charge in [-0.05, 0) is 24.8 Å². The Morgan fingerprint density at radius 3 is 2.71 bits per heavy atom. The molecule has 0 bridgehead atoms. The molecule has 2 aliphatic rings. The fraction of sp³-hybridized carbons (Fsp3) is 0.444. The van der Waals surface area contributed by atoms with Crippen LogP contribution in [-0.4, -0.2) is 64.7 Å². The lowest BCUT2D eigenvalue weighted by molar-refractivity contribution is -0.385. The predicted octanol–water partition coefficient (Wildman–Crippen LogP) is 0.992. The van der Waals surface area contributed by atoms with Crippen LogP contribution in [0.5, 0.6) is 0 Å². The van der Waals surface area contributed by atoms with Gasteiger partial charge in [0.05, 0.1) is 10.5 Å². The summed E-state index contributed by atoms with van der Waals surface area (Å²) in [5.74, 6) is -2.63. The Balaban J connectivity index is 1.61. The zero-order valence-electron chi connectivity index (χ0n) is 15.3. The van der Waals surface area contributed by atoms with E-state index in [4.69, 9.17) is 4.74 Å². The first-order valence-electron chi connectivity index (χ1n) is 8.86. The molecule has 1 aromatic rings. The summed E-state index contributed by atoms with van der Waals surface area (Å²) in [4.78, 5) is 61.5. The number of nitrogens with zero attached hydrogens (tertiary/aromatic N) is 3. The summed E-state index contributed by atoms with van der Waals surface area (Å²) in [6, 6.07) is 3.70. The molecule has 148 valence electrons. The van der Waals surface area contributed by atoms with Crippen molar-refractivity contribution in [3.8, 4) is 0 Å². The van der Waals surface area contributed by atoms with Crippen molar-refractivity contribution in [1.29, 1.82) is 0 Å². The highest BCUT2D eigenvalue weighted by atomic mass is 16.6. The maximum atomic E-state index is 12.4. The van der Waals surface area contributed by atoms with Crippen molar-refractivity contribution in [3.05, 3.63) is 39.4 Å². The molecule has 2 heterocycles. The van der Waals surface area contributed by atoms with E-state index in [1.54, 1.807) is 4.90 Å². The third-order valence-electron chi connectivity index (χ3n) is 4.83. The van der Waals surface area contributed by atoms with Gasteiger partial charge in [-0.3, -0.25) is 34.2 Å². The number of hydrogen-bond donors (Lipinski definition) is 0. The van der Waals surface area contributed by atoms with Crippen molar-refractivity contribution in [2.75, 3.05) is 26.2 Å². The number of fused-ring (bicyclic) bond motifs is 1. The molecule has 1 atom stereocenters. The Morgan fingerprint density at radius 1 is 1.29 bits per heavy atom. The topological polar surface area (TPSA) is 127 Å². The van der Waals surface area contributed by atoms with Crippen LogP contribution in [0, 0.1) is 16.0 Å². The van der Waals surface area contributed by atoms with Gasteiger partial charge in [0.15, 0.2) is 6.61 Å². The molecular weight excluding hydrogens is 370 g/mol. The Labute approximate surface area is 160 Å². The number of nitro benzene ring substituents is 1. The molecule has 3 rings (SSSR count). The first-order valence-corrected chi connectivity index (χ1v) is 8.86. The minimum absolute atomic E-state index is 0.134. The zero-order chi connectivity index (χ0) is 20.4. The number of hydrogen-bond acceptors (Lipinski definition) is 7. The number of esters is 1.